The summed E-state index contributed by atoms with van der Waals surface area (Å²) in [5, 5.41) is 4.34. The van der Waals surface area contributed by atoms with Crippen LogP contribution in [0.15, 0.2) is 65.5 Å². The predicted molar refractivity (Wildman–Crippen MR) is 92.7 cm³/mol. The van der Waals surface area contributed by atoms with Crippen LogP contribution < -0.4 is 15.0 Å². The van der Waals surface area contributed by atoms with Crippen LogP contribution in [0.4, 0.5) is 13.2 Å². The quantitative estimate of drug-likeness (QED) is 0.679. The van der Waals surface area contributed by atoms with E-state index in [0.717, 1.165) is 5.56 Å². The van der Waals surface area contributed by atoms with E-state index in [2.05, 4.69) is 9.84 Å². The molecule has 0 aliphatic heterocycles. The molecule has 27 heavy (non-hydrogen) atoms. The van der Waals surface area contributed by atoms with E-state index in [-0.39, 0.29) is 17.9 Å². The van der Waals surface area contributed by atoms with E-state index in [9.17, 15) is 18.0 Å². The van der Waals surface area contributed by atoms with Gasteiger partial charge in [0.15, 0.2) is 0 Å². The number of ether oxygens (including phenoxy) is 2. The summed E-state index contributed by atoms with van der Waals surface area (Å²) in [5.74, 6) is 0.290. The molecule has 1 aromatic heterocycles. The van der Waals surface area contributed by atoms with E-state index in [4.69, 9.17) is 4.74 Å². The van der Waals surface area contributed by atoms with Gasteiger partial charge in [0.25, 0.3) is 5.56 Å². The second-order valence-corrected chi connectivity index (χ2v) is 5.61. The molecule has 8 heteroatoms. The summed E-state index contributed by atoms with van der Waals surface area (Å²) in [6, 6.07) is 15.5. The minimum Gasteiger partial charge on any atom is -0.496 e. The number of rotatable bonds is 5. The SMILES string of the molecule is COc1ccccc1-c1ccc(=O)n(Cc2ccc(OC(F)(F)F)cc2)n1. The first-order valence-corrected chi connectivity index (χ1v) is 7.92. The average Bonchev–Trinajstić information content (AvgIpc) is 2.64. The van der Waals surface area contributed by atoms with Crippen molar-refractivity contribution in [2.24, 2.45) is 0 Å². The molecule has 3 aromatic rings. The zero-order valence-corrected chi connectivity index (χ0v) is 14.2. The van der Waals surface area contributed by atoms with Crippen LogP contribution >= 0.6 is 0 Å². The zero-order chi connectivity index (χ0) is 19.4. The van der Waals surface area contributed by atoms with Gasteiger partial charge in [-0.2, -0.15) is 5.10 Å². The smallest absolute Gasteiger partial charge is 0.496 e. The van der Waals surface area contributed by atoms with E-state index < -0.39 is 6.36 Å². The largest absolute Gasteiger partial charge is 0.573 e. The standard InChI is InChI=1S/C19H15F3N2O3/c1-26-17-5-3-2-4-15(17)16-10-11-18(25)24(23-16)12-13-6-8-14(9-7-13)27-19(20,21)22/h2-11H,12H2,1H3. The molecule has 0 atom stereocenters. The molecular weight excluding hydrogens is 361 g/mol. The Morgan fingerprint density at radius 3 is 2.37 bits per heavy atom. The normalized spacial score (nSPS) is 11.3. The minimum atomic E-state index is -4.75. The van der Waals surface area contributed by atoms with E-state index in [1.165, 1.54) is 35.0 Å². The van der Waals surface area contributed by atoms with E-state index >= 15 is 0 Å². The first-order chi connectivity index (χ1) is 12.9. The summed E-state index contributed by atoms with van der Waals surface area (Å²) in [6.07, 6.45) is -4.75. The molecule has 0 aliphatic rings. The Hall–Kier alpha value is -3.29. The zero-order valence-electron chi connectivity index (χ0n) is 14.2. The van der Waals surface area contributed by atoms with E-state index in [0.29, 0.717) is 17.0 Å². The molecule has 0 saturated carbocycles. The molecule has 0 saturated heterocycles. The van der Waals surface area contributed by atoms with Gasteiger partial charge in [0.2, 0.25) is 0 Å². The van der Waals surface area contributed by atoms with Crippen molar-refractivity contribution in [2.75, 3.05) is 7.11 Å². The van der Waals surface area contributed by atoms with Crippen LogP contribution in [0, 0.1) is 0 Å². The number of aromatic nitrogens is 2. The fourth-order valence-electron chi connectivity index (χ4n) is 2.53. The second-order valence-electron chi connectivity index (χ2n) is 5.61. The number of nitrogens with zero attached hydrogens (tertiary/aromatic N) is 2. The van der Waals surface area contributed by atoms with Crippen molar-refractivity contribution in [3.05, 3.63) is 76.6 Å². The summed E-state index contributed by atoms with van der Waals surface area (Å²) < 4.78 is 47.0. The highest BCUT2D eigenvalue weighted by Crippen LogP contribution is 2.27. The Morgan fingerprint density at radius 2 is 1.70 bits per heavy atom. The van der Waals surface area contributed by atoms with Crippen LogP contribution in [-0.2, 0) is 6.54 Å². The summed E-state index contributed by atoms with van der Waals surface area (Å²) in [4.78, 5) is 12.1. The lowest BCUT2D eigenvalue weighted by Crippen LogP contribution is -2.23. The Bertz CT molecular complexity index is 982. The molecule has 140 valence electrons. The Balaban J connectivity index is 1.86. The lowest BCUT2D eigenvalue weighted by Gasteiger charge is -2.11. The van der Waals surface area contributed by atoms with E-state index in [1.54, 1.807) is 19.2 Å². The highest BCUT2D eigenvalue weighted by Gasteiger charge is 2.30. The maximum absolute atomic E-state index is 12.2. The van der Waals surface area contributed by atoms with Crippen LogP contribution in [-0.4, -0.2) is 23.3 Å². The lowest BCUT2D eigenvalue weighted by atomic mass is 10.1. The van der Waals surface area contributed by atoms with Crippen molar-refractivity contribution in [2.45, 2.75) is 12.9 Å². The number of hydrogen-bond acceptors (Lipinski definition) is 4. The molecule has 3 rings (SSSR count). The highest BCUT2D eigenvalue weighted by atomic mass is 19.4. The molecule has 0 fully saturated rings. The minimum absolute atomic E-state index is 0.105. The topological polar surface area (TPSA) is 53.4 Å². The van der Waals surface area contributed by atoms with Crippen molar-refractivity contribution >= 4 is 0 Å². The third-order valence-corrected chi connectivity index (χ3v) is 3.74. The van der Waals surface area contributed by atoms with Gasteiger partial charge in [-0.25, -0.2) is 4.68 Å². The molecule has 5 nitrogen and oxygen atoms in total. The van der Waals surface area contributed by atoms with Crippen LogP contribution in [0.2, 0.25) is 0 Å². The molecular formula is C19H15F3N2O3. The van der Waals surface area contributed by atoms with Gasteiger partial charge in [0.05, 0.1) is 19.3 Å². The highest BCUT2D eigenvalue weighted by molar-refractivity contribution is 5.66. The fraction of sp³-hybridized carbons (Fsp3) is 0.158. The third-order valence-electron chi connectivity index (χ3n) is 3.74. The average molecular weight is 376 g/mol. The maximum Gasteiger partial charge on any atom is 0.573 e. The molecule has 0 spiro atoms. The molecule has 0 radical (unpaired) electrons. The number of methoxy groups -OCH3 is 1. The van der Waals surface area contributed by atoms with Gasteiger partial charge < -0.3 is 9.47 Å². The van der Waals surface area contributed by atoms with Crippen molar-refractivity contribution in [1.82, 2.24) is 9.78 Å². The van der Waals surface area contributed by atoms with E-state index in [1.807, 2.05) is 18.2 Å². The van der Waals surface area contributed by atoms with Gasteiger partial charge in [-0.05, 0) is 35.9 Å². The Morgan fingerprint density at radius 1 is 1.00 bits per heavy atom. The number of hydrogen-bond donors (Lipinski definition) is 0. The van der Waals surface area contributed by atoms with Gasteiger partial charge in [-0.15, -0.1) is 13.2 Å². The molecule has 0 amide bonds. The maximum atomic E-state index is 12.2. The van der Waals surface area contributed by atoms with Gasteiger partial charge >= 0.3 is 6.36 Å². The van der Waals surface area contributed by atoms with Gasteiger partial charge in [0, 0.05) is 11.6 Å². The Labute approximate surface area is 152 Å². The number of alkyl halides is 3. The van der Waals surface area contributed by atoms with Gasteiger partial charge in [-0.3, -0.25) is 4.79 Å². The number of halogens is 3. The summed E-state index contributed by atoms with van der Waals surface area (Å²) in [5.41, 5.74) is 1.55. The van der Waals surface area contributed by atoms with Crippen molar-refractivity contribution in [3.8, 4) is 22.8 Å². The number of benzene rings is 2. The van der Waals surface area contributed by atoms with Crippen molar-refractivity contribution in [1.29, 1.82) is 0 Å². The second kappa shape index (κ2) is 7.53. The first kappa shape index (κ1) is 18.5. The molecule has 0 aliphatic carbocycles. The first-order valence-electron chi connectivity index (χ1n) is 7.92. The predicted octanol–water partition coefficient (Wildman–Crippen LogP) is 3.87. The van der Waals surface area contributed by atoms with Crippen LogP contribution in [0.3, 0.4) is 0 Å². The number of para-hydroxylation sites is 1. The molecule has 2 aromatic carbocycles. The van der Waals surface area contributed by atoms with Crippen molar-refractivity contribution in [3.63, 3.8) is 0 Å². The lowest BCUT2D eigenvalue weighted by molar-refractivity contribution is -0.274. The molecule has 1 heterocycles. The summed E-state index contributed by atoms with van der Waals surface area (Å²) in [7, 11) is 1.54. The summed E-state index contributed by atoms with van der Waals surface area (Å²) >= 11 is 0. The van der Waals surface area contributed by atoms with Crippen molar-refractivity contribution < 1.29 is 22.6 Å². The van der Waals surface area contributed by atoms with Crippen LogP contribution in [0.25, 0.3) is 11.3 Å². The molecule has 0 unspecified atom stereocenters. The molecule has 0 bridgehead atoms. The Kier molecular flexibility index (Phi) is 5.16. The molecule has 0 N–H and O–H groups in total. The fourth-order valence-corrected chi connectivity index (χ4v) is 2.53. The van der Waals surface area contributed by atoms with Gasteiger partial charge in [-0.1, -0.05) is 24.3 Å². The third kappa shape index (κ3) is 4.66. The monoisotopic (exact) mass is 376 g/mol. The van der Waals surface area contributed by atoms with Crippen LogP contribution in [0.1, 0.15) is 5.56 Å². The van der Waals surface area contributed by atoms with Gasteiger partial charge in [0.1, 0.15) is 11.5 Å². The van der Waals surface area contributed by atoms with Crippen LogP contribution in [0.5, 0.6) is 11.5 Å². The summed E-state index contributed by atoms with van der Waals surface area (Å²) in [6.45, 7) is 0.105.